The van der Waals surface area contributed by atoms with Gasteiger partial charge >= 0.3 is 6.18 Å². The zero-order valence-electron chi connectivity index (χ0n) is 36.6. The van der Waals surface area contributed by atoms with Crippen molar-refractivity contribution in [1.29, 1.82) is 0 Å². The number of piperidine rings is 2. The van der Waals surface area contributed by atoms with Crippen molar-refractivity contribution in [3.8, 4) is 22.8 Å². The summed E-state index contributed by atoms with van der Waals surface area (Å²) in [5, 5.41) is 5.00. The van der Waals surface area contributed by atoms with Crippen LogP contribution in [-0.2, 0) is 36.5 Å². The molecule has 66 heavy (non-hydrogen) atoms. The first-order valence-electron chi connectivity index (χ1n) is 22.1. The molecule has 19 heteroatoms. The number of hydrogen-bond acceptors (Lipinski definition) is 13. The number of aryl methyl sites for hydroxylation is 1. The van der Waals surface area contributed by atoms with Crippen molar-refractivity contribution < 1.29 is 56.0 Å². The minimum atomic E-state index is -4.57. The molecule has 4 aliphatic heterocycles. The number of halogens is 3. The number of nitrogens with one attached hydrogen (secondary N) is 2. The fourth-order valence-electron chi connectivity index (χ4n) is 8.43. The van der Waals surface area contributed by atoms with Crippen LogP contribution >= 0.6 is 0 Å². The van der Waals surface area contributed by atoms with E-state index in [-0.39, 0.29) is 36.4 Å². The number of imide groups is 1. The Kier molecular flexibility index (Phi) is 14.8. The number of nitrogens with zero attached hydrogens (tertiary/aromatic N) is 5. The van der Waals surface area contributed by atoms with E-state index in [1.807, 2.05) is 13.0 Å². The minimum absolute atomic E-state index is 0.0412. The first-order valence-corrected chi connectivity index (χ1v) is 22.1. The van der Waals surface area contributed by atoms with E-state index in [4.69, 9.17) is 28.7 Å². The average Bonchev–Trinajstić information content (AvgIpc) is 3.64. The number of amides is 4. The molecule has 16 nitrogen and oxygen atoms in total. The number of ether oxygens (including phenoxy) is 5. The SMILES string of the molecule is Cc1ncc(NC(=O)c2cccc(C(F)(F)F)c2)cc1-c1cnc(OC2CCN(CCOCCOCCOc3ccc4c(c3)CN(C3CCC(=O)NC3=O)C4=O)CC2)c(N2CCOCC2)c1. The van der Waals surface area contributed by atoms with E-state index in [1.54, 1.807) is 30.5 Å². The number of hydrogen-bond donors (Lipinski definition) is 2. The van der Waals surface area contributed by atoms with Crippen molar-refractivity contribution in [2.24, 2.45) is 0 Å². The number of anilines is 2. The smallest absolute Gasteiger partial charge is 0.416 e. The van der Waals surface area contributed by atoms with Gasteiger partial charge < -0.3 is 43.7 Å². The number of carbonyl (C=O) groups excluding carboxylic acids is 4. The predicted molar refractivity (Wildman–Crippen MR) is 234 cm³/mol. The Morgan fingerprint density at radius 3 is 2.42 bits per heavy atom. The maximum absolute atomic E-state index is 13.3. The number of pyridine rings is 2. The molecular weight excluding hydrogens is 864 g/mol. The highest BCUT2D eigenvalue weighted by atomic mass is 19.4. The summed E-state index contributed by atoms with van der Waals surface area (Å²) in [7, 11) is 0. The van der Waals surface area contributed by atoms with Crippen molar-refractivity contribution in [1.82, 2.24) is 25.1 Å². The van der Waals surface area contributed by atoms with Gasteiger partial charge in [-0.2, -0.15) is 13.2 Å². The number of benzene rings is 2. The Balaban J connectivity index is 0.758. The highest BCUT2D eigenvalue weighted by Gasteiger charge is 2.39. The summed E-state index contributed by atoms with van der Waals surface area (Å²) < 4.78 is 69.5. The van der Waals surface area contributed by atoms with Gasteiger partial charge in [-0.3, -0.25) is 29.5 Å². The molecule has 2 aromatic heterocycles. The number of rotatable bonds is 17. The highest BCUT2D eigenvalue weighted by Crippen LogP contribution is 2.36. The number of likely N-dealkylation sites (tertiary alicyclic amines) is 1. The van der Waals surface area contributed by atoms with Gasteiger partial charge in [-0.15, -0.1) is 0 Å². The van der Waals surface area contributed by atoms with Gasteiger partial charge in [-0.25, -0.2) is 4.98 Å². The van der Waals surface area contributed by atoms with Crippen molar-refractivity contribution in [2.45, 2.75) is 57.5 Å². The molecule has 350 valence electrons. The van der Waals surface area contributed by atoms with Gasteiger partial charge in [0.05, 0.1) is 57.1 Å². The van der Waals surface area contributed by atoms with E-state index >= 15 is 0 Å². The first-order chi connectivity index (χ1) is 31.9. The predicted octanol–water partition coefficient (Wildman–Crippen LogP) is 5.28. The third-order valence-electron chi connectivity index (χ3n) is 12.0. The molecule has 3 fully saturated rings. The molecule has 0 spiro atoms. The van der Waals surface area contributed by atoms with Crippen LogP contribution in [0.4, 0.5) is 24.5 Å². The Morgan fingerprint density at radius 1 is 0.879 bits per heavy atom. The van der Waals surface area contributed by atoms with Gasteiger partial charge in [0.25, 0.3) is 11.8 Å². The van der Waals surface area contributed by atoms with Crippen LogP contribution < -0.4 is 25.0 Å². The number of aromatic nitrogens is 2. The summed E-state index contributed by atoms with van der Waals surface area (Å²) >= 11 is 0. The van der Waals surface area contributed by atoms with Crippen molar-refractivity contribution in [2.75, 3.05) is 89.2 Å². The topological polar surface area (TPSA) is 174 Å². The van der Waals surface area contributed by atoms with Gasteiger partial charge in [0.15, 0.2) is 0 Å². The fourth-order valence-corrected chi connectivity index (χ4v) is 8.43. The molecule has 1 unspecified atom stereocenters. The molecule has 0 saturated carbocycles. The molecule has 0 bridgehead atoms. The van der Waals surface area contributed by atoms with E-state index in [1.165, 1.54) is 23.2 Å². The van der Waals surface area contributed by atoms with Gasteiger partial charge in [-0.05, 0) is 80.3 Å². The standard InChI is InChI=1S/C47H52F3N7O9/c1-30-39(26-35(28-51-30)53-43(59)31-3-2-4-34(23-31)47(48,49)50)32-25-41(56-14-17-62-18-15-56)45(52-27-32)66-36-9-11-55(12-10-36)13-16-63-19-20-64-21-22-65-37-5-6-38-33(24-37)29-57(46(38)61)40-7-8-42(58)54-44(40)60/h2-6,23-28,36,40H,7-22,29H2,1H3,(H,53,59)(H,54,58,60). The molecule has 4 aromatic rings. The average molecular weight is 916 g/mol. The van der Waals surface area contributed by atoms with Gasteiger partial charge in [0, 0.05) is 79.8 Å². The van der Waals surface area contributed by atoms with E-state index in [0.29, 0.717) is 99.9 Å². The lowest BCUT2D eigenvalue weighted by Crippen LogP contribution is -2.52. The molecule has 8 rings (SSSR count). The molecule has 1 atom stereocenters. The largest absolute Gasteiger partial charge is 0.491 e. The Hall–Kier alpha value is -6.15. The number of fused-ring (bicyclic) bond motifs is 1. The molecule has 4 amide bonds. The summed E-state index contributed by atoms with van der Waals surface area (Å²) in [6.07, 6.45) is 0.704. The van der Waals surface area contributed by atoms with E-state index in [2.05, 4.69) is 25.4 Å². The molecule has 6 heterocycles. The summed E-state index contributed by atoms with van der Waals surface area (Å²) in [5.74, 6) is -0.546. The van der Waals surface area contributed by atoms with E-state index in [0.717, 1.165) is 61.4 Å². The van der Waals surface area contributed by atoms with Crippen molar-refractivity contribution in [3.05, 3.63) is 94.9 Å². The maximum Gasteiger partial charge on any atom is 0.416 e. The number of morpholine rings is 1. The zero-order chi connectivity index (χ0) is 46.2. The second-order valence-electron chi connectivity index (χ2n) is 16.5. The maximum atomic E-state index is 13.3. The highest BCUT2D eigenvalue weighted by molar-refractivity contribution is 6.06. The lowest BCUT2D eigenvalue weighted by molar-refractivity contribution is -0.138. The van der Waals surface area contributed by atoms with Gasteiger partial charge in [0.1, 0.15) is 30.2 Å². The van der Waals surface area contributed by atoms with Crippen LogP contribution in [0.25, 0.3) is 11.1 Å². The Bertz CT molecular complexity index is 2410. The molecule has 0 aliphatic carbocycles. The van der Waals surface area contributed by atoms with Crippen LogP contribution in [0.3, 0.4) is 0 Å². The minimum Gasteiger partial charge on any atom is -0.491 e. The van der Waals surface area contributed by atoms with Gasteiger partial charge in [0.2, 0.25) is 17.7 Å². The van der Waals surface area contributed by atoms with Crippen molar-refractivity contribution in [3.63, 3.8) is 0 Å². The summed E-state index contributed by atoms with van der Waals surface area (Å²) in [6, 6.07) is 12.6. The van der Waals surface area contributed by atoms with Gasteiger partial charge in [-0.1, -0.05) is 6.07 Å². The van der Waals surface area contributed by atoms with E-state index < -0.39 is 29.6 Å². The summed E-state index contributed by atoms with van der Waals surface area (Å²) in [6.45, 7) is 9.07. The first kappa shape index (κ1) is 46.4. The van der Waals surface area contributed by atoms with Crippen LogP contribution in [0.5, 0.6) is 11.6 Å². The third-order valence-corrected chi connectivity index (χ3v) is 12.0. The second kappa shape index (κ2) is 21.0. The molecular formula is C47H52F3N7O9. The van der Waals surface area contributed by atoms with Crippen LogP contribution in [0.15, 0.2) is 67.0 Å². The molecule has 2 aromatic carbocycles. The quantitative estimate of drug-likeness (QED) is 0.104. The zero-order valence-corrected chi connectivity index (χ0v) is 36.6. The summed E-state index contributed by atoms with van der Waals surface area (Å²) in [5.41, 5.74) is 3.56. The fraction of sp³-hybridized carbons (Fsp3) is 0.447. The lowest BCUT2D eigenvalue weighted by atomic mass is 10.0. The summed E-state index contributed by atoms with van der Waals surface area (Å²) in [4.78, 5) is 65.1. The van der Waals surface area contributed by atoms with Crippen molar-refractivity contribution >= 4 is 35.0 Å². The van der Waals surface area contributed by atoms with Crippen LogP contribution in [-0.4, -0.2) is 135 Å². The molecule has 3 saturated heterocycles. The lowest BCUT2D eigenvalue weighted by Gasteiger charge is -2.34. The number of alkyl halides is 3. The normalized spacial score (nSPS) is 18.3. The third kappa shape index (κ3) is 11.4. The Labute approximate surface area is 379 Å². The number of carbonyl (C=O) groups is 4. The molecule has 2 N–H and O–H groups in total. The second-order valence-corrected chi connectivity index (χ2v) is 16.5. The van der Waals surface area contributed by atoms with Crippen LogP contribution in [0, 0.1) is 6.92 Å². The molecule has 4 aliphatic rings. The van der Waals surface area contributed by atoms with Crippen LogP contribution in [0.2, 0.25) is 0 Å². The monoisotopic (exact) mass is 915 g/mol. The van der Waals surface area contributed by atoms with Crippen LogP contribution in [0.1, 0.15) is 63.2 Å². The Morgan fingerprint density at radius 2 is 1.65 bits per heavy atom. The van der Waals surface area contributed by atoms with E-state index in [9.17, 15) is 32.3 Å². The molecule has 0 radical (unpaired) electrons.